The number of cyclic esters (lactones) is 1. The van der Waals surface area contributed by atoms with Gasteiger partial charge in [0.05, 0.1) is 35.1 Å². The highest BCUT2D eigenvalue weighted by Gasteiger charge is 2.50. The van der Waals surface area contributed by atoms with E-state index in [0.717, 1.165) is 73.7 Å². The monoisotopic (exact) mass is 913 g/mol. The van der Waals surface area contributed by atoms with Gasteiger partial charge in [-0.15, -0.1) is 0 Å². The lowest BCUT2D eigenvalue weighted by molar-refractivity contribution is -0.261. The van der Waals surface area contributed by atoms with E-state index in [1.54, 1.807) is 29.7 Å². The molecule has 2 aromatic heterocycles. The molecular formula is C45H55N9O12. The first kappa shape index (κ1) is 46.1. The minimum absolute atomic E-state index is 0.00106. The Morgan fingerprint density at radius 3 is 2.36 bits per heavy atom. The number of carbonyl (C=O) groups excluding carboxylic acids is 6. The third-order valence-corrected chi connectivity index (χ3v) is 12.6. The first-order chi connectivity index (χ1) is 31.9. The highest BCUT2D eigenvalue weighted by molar-refractivity contribution is 6.13. The van der Waals surface area contributed by atoms with Crippen LogP contribution in [0.4, 0.5) is 9.59 Å². The number of phenolic OH excluding ortho intramolecular Hbond substituents is 1. The van der Waals surface area contributed by atoms with E-state index in [1.165, 1.54) is 0 Å². The highest BCUT2D eigenvalue weighted by atomic mass is 16.7. The number of aromatic nitrogens is 2. The van der Waals surface area contributed by atoms with Gasteiger partial charge in [-0.2, -0.15) is 0 Å². The minimum Gasteiger partial charge on any atom is -0.508 e. The number of phenols is 1. The number of hydrazine groups is 1. The van der Waals surface area contributed by atoms with Gasteiger partial charge in [-0.25, -0.2) is 24.8 Å². The molecule has 21 heteroatoms. The van der Waals surface area contributed by atoms with E-state index in [2.05, 4.69) is 31.3 Å². The molecule has 7 heterocycles. The predicted molar refractivity (Wildman–Crippen MR) is 234 cm³/mol. The topological polar surface area (TPSA) is 252 Å². The van der Waals surface area contributed by atoms with Crippen molar-refractivity contribution in [3.63, 3.8) is 0 Å². The number of nitrogens with zero attached hydrogens (tertiary/aromatic N) is 5. The lowest BCUT2D eigenvalue weighted by atomic mass is 9.85. The number of nitrogens with one attached hydrogen (secondary N) is 4. The van der Waals surface area contributed by atoms with Crippen LogP contribution in [-0.2, 0) is 56.9 Å². The third kappa shape index (κ3) is 10.3. The quantitative estimate of drug-likeness (QED) is 0.0462. The van der Waals surface area contributed by atoms with Crippen molar-refractivity contribution >= 4 is 46.7 Å². The molecule has 0 radical (unpaired) electrons. The highest BCUT2D eigenvalue weighted by Crippen LogP contribution is 2.42. The Morgan fingerprint density at radius 2 is 1.64 bits per heavy atom. The zero-order valence-corrected chi connectivity index (χ0v) is 36.8. The van der Waals surface area contributed by atoms with Crippen LogP contribution in [0.3, 0.4) is 0 Å². The van der Waals surface area contributed by atoms with E-state index >= 15 is 0 Å². The Labute approximate surface area is 379 Å². The first-order valence-electron chi connectivity index (χ1n) is 22.5. The number of carbonyl (C=O) groups is 6. The van der Waals surface area contributed by atoms with Gasteiger partial charge in [0.2, 0.25) is 5.91 Å². The molecule has 5 aliphatic rings. The molecule has 0 aliphatic carbocycles. The number of fused-ring (bicyclic) bond motifs is 5. The summed E-state index contributed by atoms with van der Waals surface area (Å²) < 4.78 is 25.6. The fraction of sp³-hybridized carbons (Fsp3) is 0.511. The smallest absolute Gasteiger partial charge is 0.407 e. The fourth-order valence-corrected chi connectivity index (χ4v) is 9.01. The molecule has 0 saturated carbocycles. The van der Waals surface area contributed by atoms with Crippen molar-refractivity contribution in [3.05, 3.63) is 69.5 Å². The van der Waals surface area contributed by atoms with Gasteiger partial charge in [-0.1, -0.05) is 6.92 Å². The number of pyridine rings is 2. The van der Waals surface area contributed by atoms with Crippen LogP contribution in [0, 0.1) is 0 Å². The Balaban J connectivity index is 0.717. The summed E-state index contributed by atoms with van der Waals surface area (Å²) in [6.07, 6.45) is 3.76. The number of alkyl carbamates (subject to hydrolysis) is 1. The van der Waals surface area contributed by atoms with Gasteiger partial charge in [0, 0.05) is 80.9 Å². The summed E-state index contributed by atoms with van der Waals surface area (Å²) in [5.41, 5.74) is 6.10. The number of ether oxygens (including phenoxy) is 4. The van der Waals surface area contributed by atoms with Crippen molar-refractivity contribution in [2.75, 3.05) is 65.5 Å². The van der Waals surface area contributed by atoms with Crippen molar-refractivity contribution in [3.8, 4) is 17.1 Å². The van der Waals surface area contributed by atoms with Gasteiger partial charge < -0.3 is 49.1 Å². The Kier molecular flexibility index (Phi) is 14.3. The molecule has 66 heavy (non-hydrogen) atoms. The van der Waals surface area contributed by atoms with Crippen LogP contribution in [0.15, 0.2) is 47.3 Å². The lowest BCUT2D eigenvalue weighted by Crippen LogP contribution is -2.49. The van der Waals surface area contributed by atoms with Crippen LogP contribution < -0.4 is 27.0 Å². The second-order valence-electron chi connectivity index (χ2n) is 16.9. The van der Waals surface area contributed by atoms with Crippen molar-refractivity contribution in [2.24, 2.45) is 0 Å². The summed E-state index contributed by atoms with van der Waals surface area (Å²) in [5.74, 6) is -1.96. The zero-order chi connectivity index (χ0) is 46.4. The second-order valence-corrected chi connectivity index (χ2v) is 16.9. The molecule has 21 nitrogen and oxygen atoms in total. The number of hydrogen-bond donors (Lipinski definition) is 5. The number of aromatic hydroxyl groups is 1. The maximum Gasteiger partial charge on any atom is 0.407 e. The summed E-state index contributed by atoms with van der Waals surface area (Å²) in [6, 6.07) is 8.09. The Morgan fingerprint density at radius 1 is 0.909 bits per heavy atom. The number of urea groups is 1. The average Bonchev–Trinajstić information content (AvgIpc) is 3.84. The lowest BCUT2D eigenvalue weighted by Gasteiger charge is -2.40. The minimum atomic E-state index is -1.60. The number of benzene rings is 1. The molecule has 0 bridgehead atoms. The fourth-order valence-electron chi connectivity index (χ4n) is 9.01. The normalized spacial score (nSPS) is 21.5. The summed E-state index contributed by atoms with van der Waals surface area (Å²) in [4.78, 5) is 97.9. The van der Waals surface area contributed by atoms with E-state index in [-0.39, 0.29) is 43.9 Å². The molecular weight excluding hydrogens is 859 g/mol. The molecule has 2 saturated heterocycles. The molecule has 6 amide bonds. The summed E-state index contributed by atoms with van der Waals surface area (Å²) in [5, 5.41) is 16.3. The van der Waals surface area contributed by atoms with Gasteiger partial charge in [-0.05, 0) is 81.9 Å². The average molecular weight is 914 g/mol. The summed E-state index contributed by atoms with van der Waals surface area (Å²) in [7, 11) is 0. The van der Waals surface area contributed by atoms with Gasteiger partial charge >= 0.3 is 18.1 Å². The molecule has 352 valence electrons. The molecule has 5 aliphatic heterocycles. The Bertz CT molecular complexity index is 2450. The molecule has 3 aromatic rings. The molecule has 8 rings (SSSR count). The third-order valence-electron chi connectivity index (χ3n) is 12.6. The molecule has 3 atom stereocenters. The number of rotatable bonds is 16. The Hall–Kier alpha value is -6.42. The van der Waals surface area contributed by atoms with E-state index < -0.39 is 53.8 Å². The molecule has 2 unspecified atom stereocenters. The van der Waals surface area contributed by atoms with Crippen LogP contribution in [0.5, 0.6) is 5.75 Å². The SMILES string of the molecule is CC[C@@]1(OC2CCCC(COC(=O)NCCCN3CCN(CCCNC(=O)NNC(=O)CCN4C(=O)C=CC4=O)CC3)O2)C(=O)OCc2c1cc1n(c2=O)Cc2cc3cc(O)ccc3nc2-1. The van der Waals surface area contributed by atoms with Gasteiger partial charge in [0.25, 0.3) is 17.4 Å². The number of piperazine rings is 1. The molecule has 1 aromatic carbocycles. The standard InChI is InChI=1S/C45H55N9O12/c1-2-45(33-24-35-40-29(22-28-23-30(55)8-9-34(28)48-40)25-54(35)41(59)32(33)27-63-42(45)60)66-39-7-3-6-31(65-39)26-64-44(62)47-14-5-16-52-20-18-51(19-21-52)15-4-13-46-43(61)50-49-36(56)12-17-53-37(57)10-11-38(53)58/h8-11,22-24,31,39,55H,2-7,12-21,25-27H2,1H3,(H,47,62)(H,49,56)(H2,46,50,61)/t31?,39?,45-/m0/s1. The van der Waals surface area contributed by atoms with Gasteiger partial charge in [0.1, 0.15) is 19.0 Å². The number of amides is 6. The van der Waals surface area contributed by atoms with Crippen LogP contribution in [0.1, 0.15) is 68.6 Å². The van der Waals surface area contributed by atoms with Crippen LogP contribution >= 0.6 is 0 Å². The van der Waals surface area contributed by atoms with Crippen LogP contribution in [-0.4, -0.2) is 143 Å². The molecule has 5 N–H and O–H groups in total. The van der Waals surface area contributed by atoms with E-state index in [4.69, 9.17) is 23.9 Å². The van der Waals surface area contributed by atoms with Crippen molar-refractivity contribution in [1.82, 2.24) is 45.7 Å². The maximum atomic E-state index is 14.0. The van der Waals surface area contributed by atoms with E-state index in [1.807, 2.05) is 12.1 Å². The summed E-state index contributed by atoms with van der Waals surface area (Å²) >= 11 is 0. The second kappa shape index (κ2) is 20.4. The van der Waals surface area contributed by atoms with Crippen molar-refractivity contribution in [2.45, 2.75) is 83.0 Å². The first-order valence-corrected chi connectivity index (χ1v) is 22.5. The number of imide groups is 1. The van der Waals surface area contributed by atoms with E-state index in [9.17, 15) is 38.7 Å². The number of esters is 1. The van der Waals surface area contributed by atoms with Gasteiger partial charge in [0.15, 0.2) is 11.9 Å². The van der Waals surface area contributed by atoms with Crippen LogP contribution in [0.25, 0.3) is 22.3 Å². The number of hydrogen-bond acceptors (Lipinski definition) is 15. The van der Waals surface area contributed by atoms with Crippen LogP contribution in [0.2, 0.25) is 0 Å². The molecule has 0 spiro atoms. The zero-order valence-electron chi connectivity index (χ0n) is 36.8. The summed E-state index contributed by atoms with van der Waals surface area (Å²) in [6.45, 7) is 7.75. The molecule has 2 fully saturated rings. The van der Waals surface area contributed by atoms with Gasteiger partial charge in [-0.3, -0.25) is 29.5 Å². The largest absolute Gasteiger partial charge is 0.508 e. The predicted octanol–water partition coefficient (Wildman–Crippen LogP) is 1.47. The van der Waals surface area contributed by atoms with Crippen molar-refractivity contribution < 1.29 is 52.8 Å². The van der Waals surface area contributed by atoms with Crippen molar-refractivity contribution in [1.29, 1.82) is 0 Å². The van der Waals surface area contributed by atoms with E-state index in [0.29, 0.717) is 73.3 Å². The maximum absolute atomic E-state index is 14.0.